The summed E-state index contributed by atoms with van der Waals surface area (Å²) in [5.41, 5.74) is 0.145. The zero-order chi connectivity index (χ0) is 13.1. The Hall–Kier alpha value is -0.820. The van der Waals surface area contributed by atoms with Crippen LogP contribution in [0.25, 0.3) is 0 Å². The van der Waals surface area contributed by atoms with E-state index in [1.807, 2.05) is 11.8 Å². The first-order chi connectivity index (χ1) is 8.58. The number of benzene rings is 1. The molecule has 18 heavy (non-hydrogen) atoms. The van der Waals surface area contributed by atoms with Crippen LogP contribution in [0.3, 0.4) is 0 Å². The molecule has 0 aliphatic carbocycles. The fraction of sp³-hybridized carbons (Fsp3) is 0.455. The number of thioether (sulfide) groups is 1. The van der Waals surface area contributed by atoms with Gasteiger partial charge < -0.3 is 5.32 Å². The summed E-state index contributed by atoms with van der Waals surface area (Å²) in [6.45, 7) is 0.686. The molecule has 1 aromatic rings. The molecule has 1 N–H and O–H groups in total. The number of rotatable bonds is 4. The maximum Gasteiger partial charge on any atom is 0.295 e. The molecule has 2 rings (SSSR count). The summed E-state index contributed by atoms with van der Waals surface area (Å²) in [6.07, 6.45) is 1.12. The van der Waals surface area contributed by atoms with Crippen molar-refractivity contribution in [3.63, 3.8) is 0 Å². The van der Waals surface area contributed by atoms with Gasteiger partial charge in [0.2, 0.25) is 0 Å². The fourth-order valence-electron chi connectivity index (χ4n) is 1.83. The molecule has 0 aromatic heterocycles. The van der Waals surface area contributed by atoms with E-state index in [9.17, 15) is 14.5 Å². The zero-order valence-corrected chi connectivity index (χ0v) is 11.9. The Labute approximate surface area is 117 Å². The lowest BCUT2D eigenvalue weighted by atomic mass is 10.1. The number of hydrogen-bond acceptors (Lipinski definition) is 4. The molecule has 0 amide bonds. The summed E-state index contributed by atoms with van der Waals surface area (Å²) < 4.78 is 13.5. The summed E-state index contributed by atoms with van der Waals surface area (Å²) in [4.78, 5) is 10.3. The molecule has 1 saturated heterocycles. The Morgan fingerprint density at radius 1 is 1.61 bits per heavy atom. The lowest BCUT2D eigenvalue weighted by Crippen LogP contribution is -2.14. The van der Waals surface area contributed by atoms with Crippen LogP contribution in [0.4, 0.5) is 15.8 Å². The third-order valence-corrected chi connectivity index (χ3v) is 4.68. The number of anilines is 1. The quantitative estimate of drug-likeness (QED) is 0.674. The normalized spacial score (nSPS) is 18.9. The van der Waals surface area contributed by atoms with Crippen LogP contribution >= 0.6 is 27.7 Å². The van der Waals surface area contributed by atoms with Gasteiger partial charge in [0.1, 0.15) is 11.5 Å². The van der Waals surface area contributed by atoms with E-state index in [0.717, 1.165) is 24.0 Å². The number of hydrogen-bond donors (Lipinski definition) is 1. The van der Waals surface area contributed by atoms with Crippen molar-refractivity contribution in [2.75, 3.05) is 23.4 Å². The van der Waals surface area contributed by atoms with E-state index in [-0.39, 0.29) is 10.2 Å². The summed E-state index contributed by atoms with van der Waals surface area (Å²) >= 11 is 4.93. The molecule has 1 aliphatic rings. The number of nitrogens with one attached hydrogen (secondary N) is 1. The number of nitro benzene ring substituents is 1. The third-order valence-electron chi connectivity index (χ3n) is 2.84. The largest absolute Gasteiger partial charge is 0.379 e. The molecule has 98 valence electrons. The Balaban J connectivity index is 2.14. The second-order valence-corrected chi connectivity index (χ2v) is 6.16. The van der Waals surface area contributed by atoms with E-state index < -0.39 is 10.7 Å². The minimum atomic E-state index is -0.622. The smallest absolute Gasteiger partial charge is 0.295 e. The molecule has 1 unspecified atom stereocenters. The van der Waals surface area contributed by atoms with Crippen LogP contribution < -0.4 is 5.32 Å². The predicted molar refractivity (Wildman–Crippen MR) is 74.7 cm³/mol. The Morgan fingerprint density at radius 2 is 2.39 bits per heavy atom. The molecule has 1 aromatic carbocycles. The van der Waals surface area contributed by atoms with Crippen LogP contribution in [-0.4, -0.2) is 23.0 Å². The van der Waals surface area contributed by atoms with Crippen molar-refractivity contribution in [2.24, 2.45) is 5.92 Å². The summed E-state index contributed by atoms with van der Waals surface area (Å²) in [6, 6.07) is 2.37. The maximum atomic E-state index is 13.3. The molecule has 1 atom stereocenters. The Bertz CT molecular complexity index is 467. The molecular formula is C11H12BrFN2O2S. The van der Waals surface area contributed by atoms with Crippen molar-refractivity contribution in [1.29, 1.82) is 0 Å². The molecule has 4 nitrogen and oxygen atoms in total. The molecular weight excluding hydrogens is 323 g/mol. The van der Waals surface area contributed by atoms with Gasteiger partial charge >= 0.3 is 0 Å². The first-order valence-corrected chi connectivity index (χ1v) is 7.47. The summed E-state index contributed by atoms with van der Waals surface area (Å²) in [5, 5.41) is 13.9. The number of nitrogens with zero attached hydrogens (tertiary/aromatic N) is 1. The van der Waals surface area contributed by atoms with Gasteiger partial charge in [0, 0.05) is 6.54 Å². The highest BCUT2D eigenvalue weighted by molar-refractivity contribution is 9.10. The van der Waals surface area contributed by atoms with Gasteiger partial charge in [-0.2, -0.15) is 11.8 Å². The molecule has 1 heterocycles. The van der Waals surface area contributed by atoms with Crippen LogP contribution in [0.1, 0.15) is 6.42 Å². The van der Waals surface area contributed by atoms with E-state index in [0.29, 0.717) is 18.2 Å². The lowest BCUT2D eigenvalue weighted by Gasteiger charge is -2.12. The van der Waals surface area contributed by atoms with E-state index in [1.54, 1.807) is 0 Å². The van der Waals surface area contributed by atoms with Crippen LogP contribution in [0.15, 0.2) is 16.6 Å². The van der Waals surface area contributed by atoms with Gasteiger partial charge in [-0.25, -0.2) is 4.39 Å². The molecule has 0 radical (unpaired) electrons. The Kier molecular flexibility index (Phi) is 4.45. The van der Waals surface area contributed by atoms with Gasteiger partial charge in [-0.1, -0.05) is 0 Å². The lowest BCUT2D eigenvalue weighted by molar-refractivity contribution is -0.384. The van der Waals surface area contributed by atoms with Crippen molar-refractivity contribution in [3.05, 3.63) is 32.5 Å². The molecule has 1 fully saturated rings. The number of halogens is 2. The maximum absolute atomic E-state index is 13.3. The van der Waals surface area contributed by atoms with Gasteiger partial charge in [-0.3, -0.25) is 10.1 Å². The van der Waals surface area contributed by atoms with Crippen molar-refractivity contribution in [3.8, 4) is 0 Å². The van der Waals surface area contributed by atoms with Crippen molar-refractivity contribution in [2.45, 2.75) is 6.42 Å². The summed E-state index contributed by atoms with van der Waals surface area (Å²) in [5.74, 6) is 2.12. The average Bonchev–Trinajstić information content (AvgIpc) is 2.83. The molecule has 0 bridgehead atoms. The van der Waals surface area contributed by atoms with Crippen molar-refractivity contribution < 1.29 is 9.31 Å². The molecule has 1 aliphatic heterocycles. The minimum absolute atomic E-state index is 0.221. The topological polar surface area (TPSA) is 55.2 Å². The van der Waals surface area contributed by atoms with E-state index in [2.05, 4.69) is 21.2 Å². The van der Waals surface area contributed by atoms with Gasteiger partial charge in [0.15, 0.2) is 0 Å². The van der Waals surface area contributed by atoms with Crippen LogP contribution in [-0.2, 0) is 0 Å². The molecule has 7 heteroatoms. The van der Waals surface area contributed by atoms with E-state index in [1.165, 1.54) is 6.07 Å². The fourth-order valence-corrected chi connectivity index (χ4v) is 3.46. The number of nitro groups is 1. The predicted octanol–water partition coefficient (Wildman–Crippen LogP) is 3.66. The SMILES string of the molecule is O=[N+]([O-])c1cc(F)c(Br)cc1NCC1CCSC1. The average molecular weight is 335 g/mol. The minimum Gasteiger partial charge on any atom is -0.379 e. The van der Waals surface area contributed by atoms with Gasteiger partial charge in [0.25, 0.3) is 5.69 Å². The second kappa shape index (κ2) is 5.88. The molecule has 0 saturated carbocycles. The van der Waals surface area contributed by atoms with E-state index >= 15 is 0 Å². The highest BCUT2D eigenvalue weighted by Crippen LogP contribution is 2.31. The monoisotopic (exact) mass is 334 g/mol. The van der Waals surface area contributed by atoms with Crippen molar-refractivity contribution in [1.82, 2.24) is 0 Å². The van der Waals surface area contributed by atoms with Gasteiger partial charge in [0.05, 0.1) is 15.5 Å². The first kappa shape index (κ1) is 13.6. The second-order valence-electron chi connectivity index (χ2n) is 4.15. The standard InChI is InChI=1S/C11H12BrFN2O2S/c12-8-3-10(11(15(16)17)4-9(8)13)14-5-7-1-2-18-6-7/h3-4,7,14H,1-2,5-6H2. The summed E-state index contributed by atoms with van der Waals surface area (Å²) in [7, 11) is 0. The van der Waals surface area contributed by atoms with Crippen molar-refractivity contribution >= 4 is 39.1 Å². The highest BCUT2D eigenvalue weighted by atomic mass is 79.9. The van der Waals surface area contributed by atoms with Gasteiger partial charge in [-0.15, -0.1) is 0 Å². The molecule has 0 spiro atoms. The van der Waals surface area contributed by atoms with E-state index in [4.69, 9.17) is 0 Å². The van der Waals surface area contributed by atoms with Gasteiger partial charge in [-0.05, 0) is 45.8 Å². The zero-order valence-electron chi connectivity index (χ0n) is 9.49. The van der Waals surface area contributed by atoms with Crippen LogP contribution in [0, 0.1) is 21.8 Å². The first-order valence-electron chi connectivity index (χ1n) is 5.53. The Morgan fingerprint density at radius 3 is 3.00 bits per heavy atom. The third kappa shape index (κ3) is 3.14. The highest BCUT2D eigenvalue weighted by Gasteiger charge is 2.20. The van der Waals surface area contributed by atoms with Crippen LogP contribution in [0.2, 0.25) is 0 Å². The van der Waals surface area contributed by atoms with Crippen LogP contribution in [0.5, 0.6) is 0 Å².